The molecule has 0 saturated heterocycles. The molecule has 7 heteroatoms. The molecule has 3 rings (SSSR count). The summed E-state index contributed by atoms with van der Waals surface area (Å²) in [5.41, 5.74) is 3.53. The Morgan fingerprint density at radius 3 is 2.33 bits per heavy atom. The first-order valence-corrected chi connectivity index (χ1v) is 10.2. The number of nitrogens with zero attached hydrogens (tertiary/aromatic N) is 4. The largest absolute Gasteiger partial charge is 0.465 e. The van der Waals surface area contributed by atoms with Crippen LogP contribution in [0.1, 0.15) is 45.7 Å². The van der Waals surface area contributed by atoms with Gasteiger partial charge in [0.25, 0.3) is 0 Å². The van der Waals surface area contributed by atoms with Gasteiger partial charge in [0, 0.05) is 50.6 Å². The van der Waals surface area contributed by atoms with Crippen LogP contribution in [0.5, 0.6) is 0 Å². The van der Waals surface area contributed by atoms with Gasteiger partial charge in [0.2, 0.25) is 5.91 Å². The van der Waals surface area contributed by atoms with E-state index in [9.17, 15) is 14.7 Å². The summed E-state index contributed by atoms with van der Waals surface area (Å²) < 4.78 is 0. The summed E-state index contributed by atoms with van der Waals surface area (Å²) in [5, 5.41) is 9.88. The molecule has 7 nitrogen and oxygen atoms in total. The van der Waals surface area contributed by atoms with E-state index in [1.807, 2.05) is 76.3 Å². The number of hydrogen-bond donors (Lipinski definition) is 1. The molecule has 2 amide bonds. The predicted octanol–water partition coefficient (Wildman–Crippen LogP) is 4.39. The Kier molecular flexibility index (Phi) is 6.01. The zero-order chi connectivity index (χ0) is 22.2. The van der Waals surface area contributed by atoms with Crippen molar-refractivity contribution in [3.63, 3.8) is 0 Å². The van der Waals surface area contributed by atoms with Crippen molar-refractivity contribution in [2.45, 2.75) is 52.2 Å². The third-order valence-corrected chi connectivity index (χ3v) is 5.64. The van der Waals surface area contributed by atoms with Gasteiger partial charge in [-0.25, -0.2) is 9.78 Å². The standard InChI is InChI=1S/C23H30N4O3/c1-14(2)26(23(29)30)21-11-15(3)27(16(4)28)20-9-7-17(12-19(20)21)18-8-10-22(24-13-18)25(5)6/h7-10,12-15,21H,11H2,1-6H3,(H,29,30). The fourth-order valence-corrected chi connectivity index (χ4v) is 4.29. The van der Waals surface area contributed by atoms with Gasteiger partial charge < -0.3 is 14.9 Å². The molecule has 2 heterocycles. The van der Waals surface area contributed by atoms with Crippen molar-refractivity contribution in [1.29, 1.82) is 0 Å². The van der Waals surface area contributed by atoms with Crippen LogP contribution in [0.4, 0.5) is 16.3 Å². The Bertz CT molecular complexity index is 940. The van der Waals surface area contributed by atoms with E-state index in [1.54, 1.807) is 11.8 Å². The number of carbonyl (C=O) groups is 2. The molecule has 1 aromatic heterocycles. The molecule has 160 valence electrons. The minimum atomic E-state index is -0.952. The van der Waals surface area contributed by atoms with Crippen LogP contribution in [0.15, 0.2) is 36.5 Å². The number of pyridine rings is 1. The first kappa shape index (κ1) is 21.6. The van der Waals surface area contributed by atoms with Gasteiger partial charge >= 0.3 is 6.09 Å². The molecule has 2 unspecified atom stereocenters. The number of carboxylic acid groups (broad SMARTS) is 1. The summed E-state index contributed by atoms with van der Waals surface area (Å²) in [6.45, 7) is 7.28. The average molecular weight is 411 g/mol. The van der Waals surface area contributed by atoms with E-state index >= 15 is 0 Å². The van der Waals surface area contributed by atoms with Crippen LogP contribution in [-0.4, -0.2) is 53.2 Å². The Labute approximate surface area is 177 Å². The highest BCUT2D eigenvalue weighted by Crippen LogP contribution is 2.43. The van der Waals surface area contributed by atoms with Crippen LogP contribution in [0.25, 0.3) is 11.1 Å². The fraction of sp³-hybridized carbons (Fsp3) is 0.435. The Balaban J connectivity index is 2.13. The summed E-state index contributed by atoms with van der Waals surface area (Å²) in [5.74, 6) is 0.821. The van der Waals surface area contributed by atoms with Gasteiger partial charge in [-0.3, -0.25) is 9.69 Å². The van der Waals surface area contributed by atoms with Gasteiger partial charge in [0.1, 0.15) is 5.82 Å². The molecule has 1 aromatic carbocycles. The number of amides is 2. The summed E-state index contributed by atoms with van der Waals surface area (Å²) >= 11 is 0. The molecule has 1 aliphatic rings. The van der Waals surface area contributed by atoms with E-state index in [-0.39, 0.29) is 24.0 Å². The maximum atomic E-state index is 12.4. The molecular weight excluding hydrogens is 380 g/mol. The quantitative estimate of drug-likeness (QED) is 0.809. The van der Waals surface area contributed by atoms with E-state index < -0.39 is 6.09 Å². The molecule has 0 aliphatic carbocycles. The monoisotopic (exact) mass is 410 g/mol. The molecule has 2 atom stereocenters. The maximum absolute atomic E-state index is 12.4. The summed E-state index contributed by atoms with van der Waals surface area (Å²) in [6.07, 6.45) is 1.42. The highest BCUT2D eigenvalue weighted by molar-refractivity contribution is 5.94. The fourth-order valence-electron chi connectivity index (χ4n) is 4.29. The van der Waals surface area contributed by atoms with Crippen LogP contribution in [0, 0.1) is 0 Å². The van der Waals surface area contributed by atoms with Gasteiger partial charge in [-0.05, 0) is 62.6 Å². The van der Waals surface area contributed by atoms with Crippen molar-refractivity contribution in [1.82, 2.24) is 9.88 Å². The van der Waals surface area contributed by atoms with Crippen molar-refractivity contribution in [3.8, 4) is 11.1 Å². The third-order valence-electron chi connectivity index (χ3n) is 5.64. The van der Waals surface area contributed by atoms with Crippen molar-refractivity contribution in [2.75, 3.05) is 23.9 Å². The van der Waals surface area contributed by atoms with Gasteiger partial charge in [0.15, 0.2) is 0 Å². The van der Waals surface area contributed by atoms with Gasteiger partial charge in [0.05, 0.1) is 6.04 Å². The Hall–Kier alpha value is -3.09. The molecule has 30 heavy (non-hydrogen) atoms. The van der Waals surface area contributed by atoms with Crippen LogP contribution in [-0.2, 0) is 4.79 Å². The van der Waals surface area contributed by atoms with E-state index in [2.05, 4.69) is 4.98 Å². The van der Waals surface area contributed by atoms with Gasteiger partial charge in [-0.15, -0.1) is 0 Å². The van der Waals surface area contributed by atoms with Crippen LogP contribution in [0.2, 0.25) is 0 Å². The highest BCUT2D eigenvalue weighted by atomic mass is 16.4. The lowest BCUT2D eigenvalue weighted by molar-refractivity contribution is -0.117. The summed E-state index contributed by atoms with van der Waals surface area (Å²) in [7, 11) is 3.88. The molecule has 0 fully saturated rings. The van der Waals surface area contributed by atoms with E-state index in [0.717, 1.165) is 28.2 Å². The lowest BCUT2D eigenvalue weighted by Gasteiger charge is -2.43. The van der Waals surface area contributed by atoms with Crippen molar-refractivity contribution in [2.24, 2.45) is 0 Å². The van der Waals surface area contributed by atoms with E-state index in [1.165, 1.54) is 4.90 Å². The summed E-state index contributed by atoms with van der Waals surface area (Å²) in [4.78, 5) is 34.1. The van der Waals surface area contributed by atoms with E-state index in [4.69, 9.17) is 0 Å². The molecular formula is C23H30N4O3. The molecule has 1 aliphatic heterocycles. The second-order valence-corrected chi connectivity index (χ2v) is 8.35. The lowest BCUT2D eigenvalue weighted by atomic mass is 9.88. The molecule has 1 N–H and O–H groups in total. The number of aromatic nitrogens is 1. The topological polar surface area (TPSA) is 77.0 Å². The molecule has 2 aromatic rings. The number of hydrogen-bond acceptors (Lipinski definition) is 4. The van der Waals surface area contributed by atoms with E-state index in [0.29, 0.717) is 6.42 Å². The second-order valence-electron chi connectivity index (χ2n) is 8.35. The van der Waals surface area contributed by atoms with Crippen molar-refractivity contribution in [3.05, 3.63) is 42.1 Å². The zero-order valence-electron chi connectivity index (χ0n) is 18.5. The average Bonchev–Trinajstić information content (AvgIpc) is 2.67. The molecule has 0 bridgehead atoms. The van der Waals surface area contributed by atoms with Crippen LogP contribution in [0.3, 0.4) is 0 Å². The number of carbonyl (C=O) groups excluding carboxylic acids is 1. The molecule has 0 spiro atoms. The van der Waals surface area contributed by atoms with Crippen LogP contribution < -0.4 is 9.80 Å². The Morgan fingerprint density at radius 2 is 1.83 bits per heavy atom. The first-order chi connectivity index (χ1) is 14.1. The van der Waals surface area contributed by atoms with Crippen molar-refractivity contribution < 1.29 is 14.7 Å². The number of rotatable bonds is 4. The Morgan fingerprint density at radius 1 is 1.17 bits per heavy atom. The minimum Gasteiger partial charge on any atom is -0.465 e. The van der Waals surface area contributed by atoms with Gasteiger partial charge in [-0.2, -0.15) is 0 Å². The minimum absolute atomic E-state index is 0.0432. The zero-order valence-corrected chi connectivity index (χ0v) is 18.5. The van der Waals surface area contributed by atoms with Crippen molar-refractivity contribution >= 4 is 23.5 Å². The smallest absolute Gasteiger partial charge is 0.408 e. The maximum Gasteiger partial charge on any atom is 0.408 e. The first-order valence-electron chi connectivity index (χ1n) is 10.2. The molecule has 0 radical (unpaired) electrons. The second kappa shape index (κ2) is 8.34. The number of fused-ring (bicyclic) bond motifs is 1. The van der Waals surface area contributed by atoms with Gasteiger partial charge in [-0.1, -0.05) is 6.07 Å². The number of anilines is 2. The SMILES string of the molecule is CC(=O)N1c2ccc(-c3ccc(N(C)C)nc3)cc2C(N(C(=O)O)C(C)C)CC1C. The lowest BCUT2D eigenvalue weighted by Crippen LogP contribution is -2.48. The number of benzene rings is 1. The predicted molar refractivity (Wildman–Crippen MR) is 119 cm³/mol. The third kappa shape index (κ3) is 3.97. The summed E-state index contributed by atoms with van der Waals surface area (Å²) in [6, 6.07) is 9.27. The van der Waals surface area contributed by atoms with Crippen LogP contribution >= 0.6 is 0 Å². The highest BCUT2D eigenvalue weighted by Gasteiger charge is 2.38. The normalized spacial score (nSPS) is 18.2. The molecule has 0 saturated carbocycles.